The smallest absolute Gasteiger partial charge is 0.255 e. The number of fused-ring (bicyclic) bond motifs is 1. The SMILES string of the molecule is CN1CCCN(C(=O)c2ccc3ccc(N4CCN(Cc5cccnc5)CC4)n3c2)CC1. The van der Waals surface area contributed by atoms with Gasteiger partial charge in [-0.2, -0.15) is 0 Å². The van der Waals surface area contributed by atoms with E-state index in [4.69, 9.17) is 0 Å². The van der Waals surface area contributed by atoms with E-state index in [-0.39, 0.29) is 5.91 Å². The maximum Gasteiger partial charge on any atom is 0.255 e. The van der Waals surface area contributed by atoms with Crippen LogP contribution in [-0.4, -0.2) is 89.4 Å². The van der Waals surface area contributed by atoms with E-state index in [0.717, 1.165) is 76.4 Å². The lowest BCUT2D eigenvalue weighted by Crippen LogP contribution is -2.46. The first kappa shape index (κ1) is 21.0. The van der Waals surface area contributed by atoms with Crippen molar-refractivity contribution < 1.29 is 4.79 Å². The third kappa shape index (κ3) is 4.49. The molecule has 2 aliphatic heterocycles. The molecular formula is C25H32N6O. The molecule has 0 bridgehead atoms. The Morgan fingerprint density at radius 2 is 1.78 bits per heavy atom. The zero-order chi connectivity index (χ0) is 21.9. The van der Waals surface area contributed by atoms with Gasteiger partial charge < -0.3 is 19.1 Å². The van der Waals surface area contributed by atoms with E-state index in [2.05, 4.69) is 55.4 Å². The van der Waals surface area contributed by atoms with Gasteiger partial charge in [-0.25, -0.2) is 0 Å². The van der Waals surface area contributed by atoms with Crippen LogP contribution in [0.4, 0.5) is 5.82 Å². The second-order valence-electron chi connectivity index (χ2n) is 8.98. The number of anilines is 1. The summed E-state index contributed by atoms with van der Waals surface area (Å²) in [5.41, 5.74) is 3.16. The van der Waals surface area contributed by atoms with Crippen LogP contribution in [0.25, 0.3) is 5.52 Å². The molecule has 32 heavy (non-hydrogen) atoms. The fourth-order valence-electron chi connectivity index (χ4n) is 4.79. The molecule has 0 aliphatic carbocycles. The molecule has 2 aliphatic rings. The van der Waals surface area contributed by atoms with Crippen LogP contribution in [0.1, 0.15) is 22.3 Å². The number of pyridine rings is 2. The summed E-state index contributed by atoms with van der Waals surface area (Å²) in [5.74, 6) is 1.31. The molecule has 2 saturated heterocycles. The van der Waals surface area contributed by atoms with Gasteiger partial charge in [-0.05, 0) is 55.9 Å². The predicted molar refractivity (Wildman–Crippen MR) is 127 cm³/mol. The molecule has 7 heteroatoms. The van der Waals surface area contributed by atoms with E-state index in [1.54, 1.807) is 0 Å². The summed E-state index contributed by atoms with van der Waals surface area (Å²) in [4.78, 5) is 26.6. The maximum absolute atomic E-state index is 13.2. The zero-order valence-electron chi connectivity index (χ0n) is 18.9. The lowest BCUT2D eigenvalue weighted by molar-refractivity contribution is 0.0762. The first-order valence-corrected chi connectivity index (χ1v) is 11.6. The Morgan fingerprint density at radius 3 is 2.59 bits per heavy atom. The minimum atomic E-state index is 0.142. The van der Waals surface area contributed by atoms with Crippen LogP contribution in [0, 0.1) is 0 Å². The Morgan fingerprint density at radius 1 is 0.938 bits per heavy atom. The second kappa shape index (κ2) is 9.30. The van der Waals surface area contributed by atoms with Crippen LogP contribution >= 0.6 is 0 Å². The first-order valence-electron chi connectivity index (χ1n) is 11.6. The molecule has 0 unspecified atom stereocenters. The standard InChI is InChI=1S/C25H32N6O/c1-27-10-3-11-30(15-12-27)25(32)22-5-6-23-7-8-24(31(23)20-22)29-16-13-28(14-17-29)19-21-4-2-9-26-18-21/h2,4-9,18,20H,3,10-17,19H2,1H3. The number of piperazine rings is 1. The van der Waals surface area contributed by atoms with E-state index in [1.807, 2.05) is 35.6 Å². The number of hydrogen-bond acceptors (Lipinski definition) is 5. The van der Waals surface area contributed by atoms with Gasteiger partial charge >= 0.3 is 0 Å². The summed E-state index contributed by atoms with van der Waals surface area (Å²) >= 11 is 0. The summed E-state index contributed by atoms with van der Waals surface area (Å²) in [6, 6.07) is 12.5. The van der Waals surface area contributed by atoms with Crippen LogP contribution < -0.4 is 4.90 Å². The number of amides is 1. The number of carbonyl (C=O) groups excluding carboxylic acids is 1. The van der Waals surface area contributed by atoms with Crippen molar-refractivity contribution in [1.82, 2.24) is 24.1 Å². The summed E-state index contributed by atoms with van der Waals surface area (Å²) < 4.78 is 2.19. The quantitative estimate of drug-likeness (QED) is 0.634. The molecule has 2 fully saturated rings. The fourth-order valence-corrected chi connectivity index (χ4v) is 4.79. The van der Waals surface area contributed by atoms with Crippen molar-refractivity contribution in [2.75, 3.05) is 64.3 Å². The molecular weight excluding hydrogens is 400 g/mol. The van der Waals surface area contributed by atoms with Gasteiger partial charge in [0.05, 0.1) is 5.56 Å². The average molecular weight is 433 g/mol. The topological polar surface area (TPSA) is 47.3 Å². The summed E-state index contributed by atoms with van der Waals surface area (Å²) in [6.07, 6.45) is 6.84. The van der Waals surface area contributed by atoms with E-state index < -0.39 is 0 Å². The Labute approximate surface area is 189 Å². The molecule has 0 spiro atoms. The highest BCUT2D eigenvalue weighted by Gasteiger charge is 2.22. The Hall–Kier alpha value is -2.90. The molecule has 0 N–H and O–H groups in total. The van der Waals surface area contributed by atoms with Gasteiger partial charge in [0.1, 0.15) is 5.82 Å². The van der Waals surface area contributed by atoms with Crippen LogP contribution in [-0.2, 0) is 6.54 Å². The highest BCUT2D eigenvalue weighted by atomic mass is 16.2. The Bertz CT molecular complexity index is 1060. The van der Waals surface area contributed by atoms with Gasteiger partial charge in [0, 0.05) is 76.5 Å². The van der Waals surface area contributed by atoms with E-state index >= 15 is 0 Å². The number of nitrogens with zero attached hydrogens (tertiary/aromatic N) is 6. The molecule has 0 saturated carbocycles. The average Bonchev–Trinajstić information content (AvgIpc) is 3.13. The molecule has 0 atom stereocenters. The molecule has 0 aromatic carbocycles. The second-order valence-corrected chi connectivity index (χ2v) is 8.98. The Kier molecular flexibility index (Phi) is 6.10. The molecule has 3 aromatic heterocycles. The van der Waals surface area contributed by atoms with E-state index in [0.29, 0.717) is 0 Å². The largest absolute Gasteiger partial charge is 0.355 e. The first-order chi connectivity index (χ1) is 15.7. The van der Waals surface area contributed by atoms with Gasteiger partial charge in [-0.15, -0.1) is 0 Å². The summed E-state index contributed by atoms with van der Waals surface area (Å²) in [7, 11) is 2.13. The number of hydrogen-bond donors (Lipinski definition) is 0. The molecule has 3 aromatic rings. The predicted octanol–water partition coefficient (Wildman–Crippen LogP) is 2.43. The van der Waals surface area contributed by atoms with Crippen molar-refractivity contribution in [3.63, 3.8) is 0 Å². The van der Waals surface area contributed by atoms with E-state index in [9.17, 15) is 4.79 Å². The third-order valence-electron chi connectivity index (χ3n) is 6.71. The normalized spacial score (nSPS) is 18.8. The van der Waals surface area contributed by atoms with Gasteiger partial charge in [0.15, 0.2) is 0 Å². The number of likely N-dealkylation sites (N-methyl/N-ethyl adjacent to an activating group) is 1. The van der Waals surface area contributed by atoms with Gasteiger partial charge in [0.25, 0.3) is 5.91 Å². The monoisotopic (exact) mass is 432 g/mol. The number of aromatic nitrogens is 2. The van der Waals surface area contributed by atoms with Gasteiger partial charge in [-0.1, -0.05) is 6.07 Å². The van der Waals surface area contributed by atoms with Crippen LogP contribution in [0.2, 0.25) is 0 Å². The van der Waals surface area contributed by atoms with Crippen molar-refractivity contribution in [2.24, 2.45) is 0 Å². The van der Waals surface area contributed by atoms with Gasteiger partial charge in [-0.3, -0.25) is 14.7 Å². The summed E-state index contributed by atoms with van der Waals surface area (Å²) in [5, 5.41) is 0. The molecule has 1 amide bonds. The van der Waals surface area contributed by atoms with Crippen molar-refractivity contribution in [1.29, 1.82) is 0 Å². The Balaban J connectivity index is 1.28. The van der Waals surface area contributed by atoms with Crippen molar-refractivity contribution in [3.05, 3.63) is 66.1 Å². The fraction of sp³-hybridized carbons (Fsp3) is 0.440. The van der Waals surface area contributed by atoms with Gasteiger partial charge in [0.2, 0.25) is 0 Å². The minimum Gasteiger partial charge on any atom is -0.355 e. The molecule has 5 rings (SSSR count). The number of carbonyl (C=O) groups is 1. The van der Waals surface area contributed by atoms with E-state index in [1.165, 1.54) is 11.4 Å². The molecule has 168 valence electrons. The van der Waals surface area contributed by atoms with Crippen LogP contribution in [0.3, 0.4) is 0 Å². The maximum atomic E-state index is 13.2. The van der Waals surface area contributed by atoms with Crippen LogP contribution in [0.15, 0.2) is 55.0 Å². The number of rotatable bonds is 4. The van der Waals surface area contributed by atoms with Crippen molar-refractivity contribution in [3.8, 4) is 0 Å². The van der Waals surface area contributed by atoms with Crippen molar-refractivity contribution >= 4 is 17.2 Å². The minimum absolute atomic E-state index is 0.142. The highest BCUT2D eigenvalue weighted by Crippen LogP contribution is 2.23. The lowest BCUT2D eigenvalue weighted by atomic mass is 10.2. The molecule has 0 radical (unpaired) electrons. The lowest BCUT2D eigenvalue weighted by Gasteiger charge is -2.35. The zero-order valence-corrected chi connectivity index (χ0v) is 18.9. The highest BCUT2D eigenvalue weighted by molar-refractivity contribution is 5.94. The van der Waals surface area contributed by atoms with Crippen molar-refractivity contribution in [2.45, 2.75) is 13.0 Å². The summed E-state index contributed by atoms with van der Waals surface area (Å²) in [6.45, 7) is 8.54. The van der Waals surface area contributed by atoms with Crippen LogP contribution in [0.5, 0.6) is 0 Å². The molecule has 7 nitrogen and oxygen atoms in total. The molecule has 5 heterocycles. The third-order valence-corrected chi connectivity index (χ3v) is 6.71.